The minimum atomic E-state index is 0.387. The van der Waals surface area contributed by atoms with Gasteiger partial charge in [0.15, 0.2) is 0 Å². The minimum absolute atomic E-state index is 0.387. The van der Waals surface area contributed by atoms with Gasteiger partial charge < -0.3 is 5.11 Å². The number of rotatable bonds is 3. The Bertz CT molecular complexity index is 367. The van der Waals surface area contributed by atoms with E-state index in [-0.39, 0.29) is 0 Å². The van der Waals surface area contributed by atoms with Crippen molar-refractivity contribution in [1.82, 2.24) is 4.90 Å². The Hall–Kier alpha value is -1.46. The van der Waals surface area contributed by atoms with Crippen molar-refractivity contribution in [2.24, 2.45) is 0 Å². The van der Waals surface area contributed by atoms with Crippen molar-refractivity contribution in [3.63, 3.8) is 0 Å². The standard InChI is InChI=1S/C13H17NO/c1-5-6-14(4)9-12-7-10(2)13(15)11(3)8-12/h1,7-8,15H,6,9H2,2-4H3. The summed E-state index contributed by atoms with van der Waals surface area (Å²) in [5, 5.41) is 9.62. The first-order valence-corrected chi connectivity index (χ1v) is 4.95. The van der Waals surface area contributed by atoms with Crippen LogP contribution >= 0.6 is 0 Å². The zero-order valence-electron chi connectivity index (χ0n) is 9.54. The monoisotopic (exact) mass is 203 g/mol. The molecular weight excluding hydrogens is 186 g/mol. The number of phenolic OH excluding ortho intramolecular Hbond substituents is 1. The first-order valence-electron chi connectivity index (χ1n) is 4.95. The molecule has 80 valence electrons. The molecule has 15 heavy (non-hydrogen) atoms. The van der Waals surface area contributed by atoms with E-state index in [1.54, 1.807) is 0 Å². The second-order valence-corrected chi connectivity index (χ2v) is 3.95. The van der Waals surface area contributed by atoms with E-state index in [1.807, 2.05) is 33.0 Å². The molecule has 0 heterocycles. The largest absolute Gasteiger partial charge is 0.507 e. The first kappa shape index (κ1) is 11.6. The van der Waals surface area contributed by atoms with Crippen LogP contribution in [0.4, 0.5) is 0 Å². The molecule has 0 bridgehead atoms. The number of hydrogen-bond acceptors (Lipinski definition) is 2. The number of terminal acetylenes is 1. The Kier molecular flexibility index (Phi) is 3.76. The highest BCUT2D eigenvalue weighted by Crippen LogP contribution is 2.23. The van der Waals surface area contributed by atoms with Crippen LogP contribution in [0.3, 0.4) is 0 Å². The van der Waals surface area contributed by atoms with Gasteiger partial charge in [0.2, 0.25) is 0 Å². The molecule has 0 saturated carbocycles. The summed E-state index contributed by atoms with van der Waals surface area (Å²) in [5.41, 5.74) is 3.01. The molecule has 1 N–H and O–H groups in total. The molecule has 0 aliphatic rings. The molecular formula is C13H17NO. The topological polar surface area (TPSA) is 23.5 Å². The van der Waals surface area contributed by atoms with E-state index in [4.69, 9.17) is 6.42 Å². The van der Waals surface area contributed by atoms with E-state index < -0.39 is 0 Å². The normalized spacial score (nSPS) is 10.3. The molecule has 1 aromatic carbocycles. The summed E-state index contributed by atoms with van der Waals surface area (Å²) in [7, 11) is 1.98. The molecule has 0 radical (unpaired) electrons. The van der Waals surface area contributed by atoms with Gasteiger partial charge >= 0.3 is 0 Å². The summed E-state index contributed by atoms with van der Waals surface area (Å²) in [6.07, 6.45) is 5.24. The van der Waals surface area contributed by atoms with E-state index in [1.165, 1.54) is 5.56 Å². The lowest BCUT2D eigenvalue weighted by molar-refractivity contribution is 0.368. The quantitative estimate of drug-likeness (QED) is 0.760. The van der Waals surface area contributed by atoms with Crippen LogP contribution in [0.15, 0.2) is 12.1 Å². The number of nitrogens with zero attached hydrogens (tertiary/aromatic N) is 1. The third-order valence-electron chi connectivity index (χ3n) is 2.36. The van der Waals surface area contributed by atoms with Crippen molar-refractivity contribution < 1.29 is 5.11 Å². The van der Waals surface area contributed by atoms with Crippen LogP contribution in [-0.2, 0) is 6.54 Å². The zero-order chi connectivity index (χ0) is 11.4. The van der Waals surface area contributed by atoms with Gasteiger partial charge in [-0.25, -0.2) is 0 Å². The van der Waals surface area contributed by atoms with E-state index in [9.17, 15) is 5.11 Å². The Morgan fingerprint density at radius 1 is 1.33 bits per heavy atom. The summed E-state index contributed by atoms with van der Waals surface area (Å²) in [5.74, 6) is 2.99. The molecule has 0 spiro atoms. The van der Waals surface area contributed by atoms with Gasteiger partial charge in [-0.05, 0) is 37.6 Å². The molecule has 1 rings (SSSR count). The molecule has 0 aliphatic heterocycles. The first-order chi connectivity index (χ1) is 7.04. The maximum atomic E-state index is 9.62. The zero-order valence-corrected chi connectivity index (χ0v) is 9.54. The van der Waals surface area contributed by atoms with Gasteiger partial charge in [-0.2, -0.15) is 0 Å². The van der Waals surface area contributed by atoms with Crippen molar-refractivity contribution in [3.8, 4) is 18.1 Å². The third kappa shape index (κ3) is 3.00. The lowest BCUT2D eigenvalue weighted by Crippen LogP contribution is -2.17. The van der Waals surface area contributed by atoms with E-state index >= 15 is 0 Å². The predicted octanol–water partition coefficient (Wildman–Crippen LogP) is 2.07. The molecule has 0 unspecified atom stereocenters. The SMILES string of the molecule is C#CCN(C)Cc1cc(C)c(O)c(C)c1. The number of phenols is 1. The maximum Gasteiger partial charge on any atom is 0.121 e. The van der Waals surface area contributed by atoms with Crippen LogP contribution in [0.2, 0.25) is 0 Å². The van der Waals surface area contributed by atoms with Gasteiger partial charge in [0.25, 0.3) is 0 Å². The Balaban J connectivity index is 2.84. The predicted molar refractivity (Wildman–Crippen MR) is 62.7 cm³/mol. The lowest BCUT2D eigenvalue weighted by atomic mass is 10.1. The highest BCUT2D eigenvalue weighted by Gasteiger charge is 2.04. The van der Waals surface area contributed by atoms with Crippen LogP contribution in [0, 0.1) is 26.2 Å². The number of aromatic hydroxyl groups is 1. The minimum Gasteiger partial charge on any atom is -0.507 e. The lowest BCUT2D eigenvalue weighted by Gasteiger charge is -2.15. The highest BCUT2D eigenvalue weighted by molar-refractivity contribution is 5.42. The molecule has 0 aliphatic carbocycles. The molecule has 0 atom stereocenters. The summed E-state index contributed by atoms with van der Waals surface area (Å²) in [6.45, 7) is 5.27. The van der Waals surface area contributed by atoms with E-state index in [0.29, 0.717) is 12.3 Å². The Labute approximate surface area is 91.5 Å². The van der Waals surface area contributed by atoms with Gasteiger partial charge in [0.05, 0.1) is 6.54 Å². The maximum absolute atomic E-state index is 9.62. The van der Waals surface area contributed by atoms with Crippen LogP contribution in [0.1, 0.15) is 16.7 Å². The Morgan fingerprint density at radius 2 is 1.87 bits per heavy atom. The van der Waals surface area contributed by atoms with Gasteiger partial charge in [0.1, 0.15) is 5.75 Å². The highest BCUT2D eigenvalue weighted by atomic mass is 16.3. The van der Waals surface area contributed by atoms with Gasteiger partial charge in [-0.3, -0.25) is 4.90 Å². The fourth-order valence-electron chi connectivity index (χ4n) is 1.66. The summed E-state index contributed by atoms with van der Waals surface area (Å²) >= 11 is 0. The van der Waals surface area contributed by atoms with Crippen LogP contribution in [0.5, 0.6) is 5.75 Å². The average Bonchev–Trinajstić information content (AvgIpc) is 2.14. The number of hydrogen-bond donors (Lipinski definition) is 1. The van der Waals surface area contributed by atoms with Crippen molar-refractivity contribution in [2.75, 3.05) is 13.6 Å². The Morgan fingerprint density at radius 3 is 2.33 bits per heavy atom. The van der Waals surface area contributed by atoms with E-state index in [2.05, 4.69) is 10.8 Å². The fourth-order valence-corrected chi connectivity index (χ4v) is 1.66. The van der Waals surface area contributed by atoms with Crippen molar-refractivity contribution in [3.05, 3.63) is 28.8 Å². The van der Waals surface area contributed by atoms with Crippen LogP contribution < -0.4 is 0 Å². The molecule has 1 aromatic rings. The fraction of sp³-hybridized carbons (Fsp3) is 0.385. The molecule has 0 fully saturated rings. The third-order valence-corrected chi connectivity index (χ3v) is 2.36. The van der Waals surface area contributed by atoms with Crippen molar-refractivity contribution in [1.29, 1.82) is 0 Å². The summed E-state index contributed by atoms with van der Waals surface area (Å²) in [6, 6.07) is 3.99. The molecule has 0 amide bonds. The smallest absolute Gasteiger partial charge is 0.121 e. The number of benzene rings is 1. The van der Waals surface area contributed by atoms with E-state index in [0.717, 1.165) is 17.7 Å². The molecule has 2 heteroatoms. The van der Waals surface area contributed by atoms with Crippen molar-refractivity contribution in [2.45, 2.75) is 20.4 Å². The average molecular weight is 203 g/mol. The van der Waals surface area contributed by atoms with Crippen LogP contribution in [-0.4, -0.2) is 23.6 Å². The van der Waals surface area contributed by atoms with Gasteiger partial charge in [-0.1, -0.05) is 18.1 Å². The second kappa shape index (κ2) is 4.86. The van der Waals surface area contributed by atoms with Crippen LogP contribution in [0.25, 0.3) is 0 Å². The van der Waals surface area contributed by atoms with Gasteiger partial charge in [0, 0.05) is 6.54 Å². The summed E-state index contributed by atoms with van der Waals surface area (Å²) < 4.78 is 0. The molecule has 2 nitrogen and oxygen atoms in total. The second-order valence-electron chi connectivity index (χ2n) is 3.95. The number of aryl methyl sites for hydroxylation is 2. The molecule has 0 aromatic heterocycles. The molecule has 0 saturated heterocycles. The van der Waals surface area contributed by atoms with Gasteiger partial charge in [-0.15, -0.1) is 6.42 Å². The van der Waals surface area contributed by atoms with Crippen molar-refractivity contribution >= 4 is 0 Å². The summed E-state index contributed by atoms with van der Waals surface area (Å²) in [4.78, 5) is 2.06.